The van der Waals surface area contributed by atoms with Gasteiger partial charge in [-0.05, 0) is 31.0 Å². The number of aliphatic hydroxyl groups is 3. The summed E-state index contributed by atoms with van der Waals surface area (Å²) in [4.78, 5) is 29.2. The van der Waals surface area contributed by atoms with Crippen LogP contribution >= 0.6 is 0 Å². The third kappa shape index (κ3) is 9.07. The van der Waals surface area contributed by atoms with Crippen molar-refractivity contribution >= 4 is 17.0 Å². The fraction of sp³-hybridized carbons (Fsp3) is 0.571. The lowest BCUT2D eigenvalue weighted by molar-refractivity contribution is -0.149. The summed E-state index contributed by atoms with van der Waals surface area (Å²) in [6.07, 6.45) is 1.77. The second-order valence-electron chi connectivity index (χ2n) is 9.67. The van der Waals surface area contributed by atoms with E-state index in [4.69, 9.17) is 35.5 Å². The van der Waals surface area contributed by atoms with E-state index in [1.165, 1.54) is 0 Å². The Balaban J connectivity index is 0.000000642. The molecule has 13 heteroatoms. The zero-order chi connectivity index (χ0) is 30.6. The van der Waals surface area contributed by atoms with Crippen molar-refractivity contribution < 1.29 is 34.7 Å². The molecule has 0 bridgehead atoms. The number of fused-ring (bicyclic) bond motifs is 1. The number of benzene rings is 1. The molecule has 0 aliphatic carbocycles. The average Bonchev–Trinajstić information content (AvgIpc) is 3.29. The predicted octanol–water partition coefficient (Wildman–Crippen LogP) is 0.417. The third-order valence-corrected chi connectivity index (χ3v) is 6.41. The summed E-state index contributed by atoms with van der Waals surface area (Å²) in [7, 11) is 1.78. The van der Waals surface area contributed by atoms with Crippen molar-refractivity contribution in [2.75, 3.05) is 33.0 Å². The van der Waals surface area contributed by atoms with E-state index in [9.17, 15) is 14.7 Å². The van der Waals surface area contributed by atoms with Crippen LogP contribution in [0.1, 0.15) is 44.3 Å². The number of hydrogen-bond acceptors (Lipinski definition) is 10. The third-order valence-electron chi connectivity index (χ3n) is 6.41. The number of ether oxygens (including phenoxy) is 2. The molecule has 6 N–H and O–H groups in total. The molecule has 0 fully saturated rings. The first-order chi connectivity index (χ1) is 19.6. The number of hydrogen-bond donors (Lipinski definition) is 5. The van der Waals surface area contributed by atoms with Crippen molar-refractivity contribution in [3.05, 3.63) is 51.7 Å². The highest BCUT2D eigenvalue weighted by Gasteiger charge is 2.21. The number of carboxylic acid groups (broad SMARTS) is 1. The maximum absolute atomic E-state index is 13.2. The highest BCUT2D eigenvalue weighted by Crippen LogP contribution is 2.17. The van der Waals surface area contributed by atoms with Crippen molar-refractivity contribution in [1.82, 2.24) is 19.3 Å². The number of carboxylic acids is 1. The second kappa shape index (κ2) is 16.2. The van der Waals surface area contributed by atoms with Crippen molar-refractivity contribution in [1.29, 1.82) is 0 Å². The molecule has 1 atom stereocenters. The topological polar surface area (TPSA) is 195 Å². The first kappa shape index (κ1) is 33.8. The molecule has 0 amide bonds. The minimum atomic E-state index is -1.21. The van der Waals surface area contributed by atoms with Gasteiger partial charge in [0.1, 0.15) is 23.7 Å². The molecular weight excluding hydrogens is 534 g/mol. The Morgan fingerprint density at radius 1 is 1.10 bits per heavy atom. The average molecular weight is 578 g/mol. The lowest BCUT2D eigenvalue weighted by atomic mass is 10.1. The summed E-state index contributed by atoms with van der Waals surface area (Å²) in [5.41, 5.74) is 6.75. The van der Waals surface area contributed by atoms with Crippen LogP contribution in [-0.2, 0) is 42.4 Å². The molecule has 1 aromatic carbocycles. The number of aryl methyl sites for hydroxylation is 3. The molecule has 0 aliphatic rings. The van der Waals surface area contributed by atoms with E-state index in [0.29, 0.717) is 48.8 Å². The van der Waals surface area contributed by atoms with E-state index in [0.717, 1.165) is 24.1 Å². The Labute approximate surface area is 239 Å². The van der Waals surface area contributed by atoms with Gasteiger partial charge in [0.2, 0.25) is 0 Å². The molecule has 2 heterocycles. The zero-order valence-electron chi connectivity index (χ0n) is 24.2. The van der Waals surface area contributed by atoms with Crippen LogP contribution in [0.25, 0.3) is 11.0 Å². The molecule has 0 radical (unpaired) electrons. The highest BCUT2D eigenvalue weighted by atomic mass is 16.5. The summed E-state index contributed by atoms with van der Waals surface area (Å²) in [5.74, 6) is 0.385. The summed E-state index contributed by atoms with van der Waals surface area (Å²) in [6.45, 7) is 5.63. The SMILES string of the molecule is CCCc1nn(C)c2c(=O)n(CCOc3ccc(CC(OCC)C(=O)O)cc3)c(CC)nc12.NC(CO)(CO)CO. The van der Waals surface area contributed by atoms with Crippen molar-refractivity contribution in [2.24, 2.45) is 12.8 Å². The van der Waals surface area contributed by atoms with Crippen LogP contribution in [0.2, 0.25) is 0 Å². The van der Waals surface area contributed by atoms with Crippen molar-refractivity contribution in [3.8, 4) is 5.75 Å². The van der Waals surface area contributed by atoms with Crippen molar-refractivity contribution in [2.45, 2.75) is 64.6 Å². The number of carbonyl (C=O) groups is 1. The molecule has 1 unspecified atom stereocenters. The molecule has 13 nitrogen and oxygen atoms in total. The van der Waals surface area contributed by atoms with Gasteiger partial charge < -0.3 is 35.6 Å². The quantitative estimate of drug-likeness (QED) is 0.168. The Kier molecular flexibility index (Phi) is 13.4. The lowest BCUT2D eigenvalue weighted by Gasteiger charge is -2.20. The van der Waals surface area contributed by atoms with Gasteiger partial charge >= 0.3 is 5.97 Å². The van der Waals surface area contributed by atoms with Crippen LogP contribution in [0.15, 0.2) is 29.1 Å². The fourth-order valence-electron chi connectivity index (χ4n) is 4.03. The number of nitrogens with zero attached hydrogens (tertiary/aromatic N) is 4. The first-order valence-electron chi connectivity index (χ1n) is 13.7. The predicted molar refractivity (Wildman–Crippen MR) is 153 cm³/mol. The van der Waals surface area contributed by atoms with E-state index in [-0.39, 0.29) is 12.0 Å². The van der Waals surface area contributed by atoms with Crippen LogP contribution in [-0.4, -0.2) is 90.4 Å². The van der Waals surface area contributed by atoms with E-state index < -0.39 is 37.4 Å². The molecule has 3 rings (SSSR count). The molecule has 0 saturated carbocycles. The molecular formula is C28H43N5O8. The van der Waals surface area contributed by atoms with Crippen LogP contribution in [0.4, 0.5) is 0 Å². The minimum Gasteiger partial charge on any atom is -0.492 e. The lowest BCUT2D eigenvalue weighted by Crippen LogP contribution is -2.50. The number of aliphatic hydroxyl groups excluding tert-OH is 3. The molecule has 2 aromatic heterocycles. The van der Waals surface area contributed by atoms with Gasteiger partial charge in [0.25, 0.3) is 5.56 Å². The summed E-state index contributed by atoms with van der Waals surface area (Å²) in [5, 5.41) is 38.8. The van der Waals surface area contributed by atoms with Gasteiger partial charge in [-0.25, -0.2) is 9.78 Å². The number of aliphatic carboxylic acids is 1. The first-order valence-corrected chi connectivity index (χ1v) is 13.7. The monoisotopic (exact) mass is 577 g/mol. The number of rotatable bonds is 15. The zero-order valence-corrected chi connectivity index (χ0v) is 24.2. The maximum atomic E-state index is 13.2. The Morgan fingerprint density at radius 2 is 1.73 bits per heavy atom. The Morgan fingerprint density at radius 3 is 2.22 bits per heavy atom. The standard InChI is InChI=1S/C24H32N4O5.C4H11NO3/c1-5-8-18-21-22(27(4)26-18)23(29)28(20(6-2)25-21)13-14-33-17-11-9-16(10-12-17)15-19(24(30)31)32-7-3;5-4(1-6,2-7)3-8/h9-12,19H,5-8,13-15H2,1-4H3,(H,30,31);6-8H,1-3,5H2. The van der Waals surface area contributed by atoms with Gasteiger partial charge in [-0.2, -0.15) is 5.10 Å². The smallest absolute Gasteiger partial charge is 0.333 e. The largest absolute Gasteiger partial charge is 0.492 e. The van der Waals surface area contributed by atoms with E-state index >= 15 is 0 Å². The van der Waals surface area contributed by atoms with Crippen LogP contribution < -0.4 is 16.0 Å². The molecule has 228 valence electrons. The van der Waals surface area contributed by atoms with Gasteiger partial charge in [-0.3, -0.25) is 14.0 Å². The minimum absolute atomic E-state index is 0.108. The summed E-state index contributed by atoms with van der Waals surface area (Å²) in [6, 6.07) is 7.24. The van der Waals surface area contributed by atoms with Crippen LogP contribution in [0.3, 0.4) is 0 Å². The maximum Gasteiger partial charge on any atom is 0.333 e. The van der Waals surface area contributed by atoms with Gasteiger partial charge in [-0.1, -0.05) is 32.4 Å². The van der Waals surface area contributed by atoms with Crippen LogP contribution in [0.5, 0.6) is 5.75 Å². The van der Waals surface area contributed by atoms with Crippen molar-refractivity contribution in [3.63, 3.8) is 0 Å². The Bertz CT molecular complexity index is 1290. The van der Waals surface area contributed by atoms with E-state index in [1.807, 2.05) is 19.1 Å². The highest BCUT2D eigenvalue weighted by molar-refractivity contribution is 5.76. The Hall–Kier alpha value is -3.36. The fourth-order valence-corrected chi connectivity index (χ4v) is 4.03. The molecule has 3 aromatic rings. The van der Waals surface area contributed by atoms with E-state index in [2.05, 4.69) is 12.0 Å². The van der Waals surface area contributed by atoms with Gasteiger partial charge in [-0.15, -0.1) is 0 Å². The molecule has 0 saturated heterocycles. The van der Waals surface area contributed by atoms with Crippen LogP contribution in [0, 0.1) is 0 Å². The molecule has 0 aliphatic heterocycles. The van der Waals surface area contributed by atoms with Gasteiger partial charge in [0.15, 0.2) is 11.6 Å². The van der Waals surface area contributed by atoms with Gasteiger partial charge in [0, 0.05) is 26.5 Å². The normalized spacial score (nSPS) is 12.2. The number of nitrogens with two attached hydrogens (primary N) is 1. The summed E-state index contributed by atoms with van der Waals surface area (Å²) >= 11 is 0. The van der Waals surface area contributed by atoms with E-state index in [1.54, 1.807) is 35.4 Å². The summed E-state index contributed by atoms with van der Waals surface area (Å²) < 4.78 is 14.4. The second-order valence-corrected chi connectivity index (χ2v) is 9.67. The molecule has 0 spiro atoms. The number of aromatic nitrogens is 4. The molecule has 41 heavy (non-hydrogen) atoms. The van der Waals surface area contributed by atoms with Gasteiger partial charge in [0.05, 0.1) is 37.6 Å².